The van der Waals surface area contributed by atoms with Gasteiger partial charge in [-0.2, -0.15) is 0 Å². The molecule has 0 aliphatic carbocycles. The average Bonchev–Trinajstić information content (AvgIpc) is 2.78. The molecule has 2 N–H and O–H groups in total. The predicted molar refractivity (Wildman–Crippen MR) is 111 cm³/mol. The van der Waals surface area contributed by atoms with Crippen LogP contribution in [0.3, 0.4) is 0 Å². The van der Waals surface area contributed by atoms with Crippen LogP contribution >= 0.6 is 0 Å². The molecule has 0 aliphatic rings. The lowest BCUT2D eigenvalue weighted by molar-refractivity contribution is -0.121. The maximum absolute atomic E-state index is 12.8. The Balaban J connectivity index is 1.57. The van der Waals surface area contributed by atoms with Gasteiger partial charge in [0, 0.05) is 23.3 Å². The minimum absolute atomic E-state index is 0.181. The third-order valence-electron chi connectivity index (χ3n) is 4.46. The molecule has 6 heteroatoms. The van der Waals surface area contributed by atoms with Crippen LogP contribution in [0.2, 0.25) is 0 Å². The molecule has 142 valence electrons. The third kappa shape index (κ3) is 4.27. The number of hydrogen-bond donors (Lipinski definition) is 2. The van der Waals surface area contributed by atoms with Gasteiger partial charge >= 0.3 is 0 Å². The lowest BCUT2D eigenvalue weighted by Crippen LogP contribution is -2.42. The van der Waals surface area contributed by atoms with Crippen LogP contribution in [-0.4, -0.2) is 21.8 Å². The molecule has 29 heavy (non-hydrogen) atoms. The standard InChI is InChI=1S/C23H18N4O2/c28-22(14-16-6-2-1-3-7-16)26-27-23(29)19-15-21(17-10-12-24-13-11-17)25-20-9-5-4-8-18(19)20/h1-13,15H,14H2,(H,26,28)(H,27,29). The Morgan fingerprint density at radius 3 is 2.34 bits per heavy atom. The molecule has 0 saturated heterocycles. The summed E-state index contributed by atoms with van der Waals surface area (Å²) in [6.45, 7) is 0. The summed E-state index contributed by atoms with van der Waals surface area (Å²) in [5.41, 5.74) is 8.51. The van der Waals surface area contributed by atoms with Gasteiger partial charge in [-0.25, -0.2) is 4.98 Å². The molecule has 0 aliphatic heterocycles. The summed E-state index contributed by atoms with van der Waals surface area (Å²) in [5.74, 6) is -0.697. The first-order valence-electron chi connectivity index (χ1n) is 9.14. The summed E-state index contributed by atoms with van der Waals surface area (Å²) in [7, 11) is 0. The normalized spacial score (nSPS) is 10.5. The number of aromatic nitrogens is 2. The smallest absolute Gasteiger partial charge is 0.270 e. The van der Waals surface area contributed by atoms with Crippen molar-refractivity contribution in [2.75, 3.05) is 0 Å². The average molecular weight is 382 g/mol. The van der Waals surface area contributed by atoms with Crippen molar-refractivity contribution in [3.8, 4) is 11.3 Å². The van der Waals surface area contributed by atoms with Crippen LogP contribution in [0.15, 0.2) is 85.2 Å². The minimum Gasteiger partial charge on any atom is -0.273 e. The van der Waals surface area contributed by atoms with Gasteiger partial charge < -0.3 is 0 Å². The molecule has 0 saturated carbocycles. The number of carbonyl (C=O) groups is 2. The maximum atomic E-state index is 12.8. The number of nitrogens with zero attached hydrogens (tertiary/aromatic N) is 2. The van der Waals surface area contributed by atoms with Gasteiger partial charge in [0.15, 0.2) is 0 Å². The Bertz CT molecular complexity index is 1160. The van der Waals surface area contributed by atoms with E-state index in [9.17, 15) is 9.59 Å². The van der Waals surface area contributed by atoms with Gasteiger partial charge in [0.25, 0.3) is 5.91 Å². The molecule has 0 fully saturated rings. The Labute approximate surface area is 167 Å². The van der Waals surface area contributed by atoms with Crippen molar-refractivity contribution in [3.05, 3.63) is 96.3 Å². The Morgan fingerprint density at radius 2 is 1.55 bits per heavy atom. The Morgan fingerprint density at radius 1 is 0.828 bits per heavy atom. The predicted octanol–water partition coefficient (Wildman–Crippen LogP) is 3.30. The van der Waals surface area contributed by atoms with Crippen LogP contribution in [0.4, 0.5) is 0 Å². The number of benzene rings is 2. The zero-order valence-corrected chi connectivity index (χ0v) is 15.5. The van der Waals surface area contributed by atoms with Crippen molar-refractivity contribution in [1.29, 1.82) is 0 Å². The van der Waals surface area contributed by atoms with Gasteiger partial charge in [-0.1, -0.05) is 48.5 Å². The molecule has 2 aromatic carbocycles. The number of nitrogens with one attached hydrogen (secondary N) is 2. The number of rotatable bonds is 4. The number of fused-ring (bicyclic) bond motifs is 1. The first-order chi connectivity index (χ1) is 14.2. The number of amides is 2. The van der Waals surface area contributed by atoms with Crippen LogP contribution in [0.1, 0.15) is 15.9 Å². The quantitative estimate of drug-likeness (QED) is 0.531. The number of pyridine rings is 2. The molecule has 0 unspecified atom stereocenters. The van der Waals surface area contributed by atoms with E-state index in [0.717, 1.165) is 11.1 Å². The van der Waals surface area contributed by atoms with Crippen molar-refractivity contribution in [2.45, 2.75) is 6.42 Å². The van der Waals surface area contributed by atoms with Gasteiger partial charge in [0.2, 0.25) is 5.91 Å². The van der Waals surface area contributed by atoms with E-state index < -0.39 is 5.91 Å². The second-order valence-electron chi connectivity index (χ2n) is 6.47. The Hall–Kier alpha value is -4.06. The SMILES string of the molecule is O=C(Cc1ccccc1)NNC(=O)c1cc(-c2ccncc2)nc2ccccc12. The number of carbonyl (C=O) groups excluding carboxylic acids is 2. The van der Waals surface area contributed by atoms with Crippen LogP contribution < -0.4 is 10.9 Å². The van der Waals surface area contributed by atoms with Crippen LogP contribution in [0.5, 0.6) is 0 Å². The van der Waals surface area contributed by atoms with Gasteiger partial charge in [0.1, 0.15) is 0 Å². The largest absolute Gasteiger partial charge is 0.273 e. The molecular weight excluding hydrogens is 364 g/mol. The summed E-state index contributed by atoms with van der Waals surface area (Å²) in [6, 6.07) is 22.1. The highest BCUT2D eigenvalue weighted by Gasteiger charge is 2.14. The summed E-state index contributed by atoms with van der Waals surface area (Å²) in [4.78, 5) is 33.7. The summed E-state index contributed by atoms with van der Waals surface area (Å²) in [5, 5.41) is 0.708. The fourth-order valence-electron chi connectivity index (χ4n) is 3.05. The highest BCUT2D eigenvalue weighted by Crippen LogP contribution is 2.24. The monoisotopic (exact) mass is 382 g/mol. The van der Waals surface area contributed by atoms with Crippen LogP contribution in [0.25, 0.3) is 22.2 Å². The second-order valence-corrected chi connectivity index (χ2v) is 6.47. The van der Waals surface area contributed by atoms with E-state index in [2.05, 4.69) is 20.8 Å². The van der Waals surface area contributed by atoms with E-state index in [1.54, 1.807) is 18.5 Å². The molecule has 0 spiro atoms. The van der Waals surface area contributed by atoms with E-state index in [1.807, 2.05) is 66.7 Å². The minimum atomic E-state index is -0.402. The summed E-state index contributed by atoms with van der Waals surface area (Å²) in [6.07, 6.45) is 3.53. The van der Waals surface area contributed by atoms with Gasteiger partial charge in [-0.05, 0) is 29.8 Å². The Kier molecular flexibility index (Phi) is 5.25. The molecule has 2 heterocycles. The molecule has 4 aromatic rings. The molecule has 0 radical (unpaired) electrons. The number of hydrazine groups is 1. The van der Waals surface area contributed by atoms with Crippen molar-refractivity contribution in [1.82, 2.24) is 20.8 Å². The molecule has 0 bridgehead atoms. The van der Waals surface area contributed by atoms with Gasteiger partial charge in [-0.3, -0.25) is 25.4 Å². The van der Waals surface area contributed by atoms with E-state index in [0.29, 0.717) is 22.2 Å². The molecule has 2 amide bonds. The van der Waals surface area contributed by atoms with Crippen molar-refractivity contribution in [2.24, 2.45) is 0 Å². The van der Waals surface area contributed by atoms with Crippen molar-refractivity contribution < 1.29 is 9.59 Å². The van der Waals surface area contributed by atoms with Gasteiger partial charge in [0.05, 0.1) is 23.2 Å². The van der Waals surface area contributed by atoms with Crippen LogP contribution in [0, 0.1) is 0 Å². The van der Waals surface area contributed by atoms with E-state index in [1.165, 1.54) is 0 Å². The zero-order valence-electron chi connectivity index (χ0n) is 15.5. The summed E-state index contributed by atoms with van der Waals surface area (Å²) >= 11 is 0. The lowest BCUT2D eigenvalue weighted by Gasteiger charge is -2.11. The fourth-order valence-corrected chi connectivity index (χ4v) is 3.05. The first kappa shape index (κ1) is 18.3. The zero-order chi connectivity index (χ0) is 20.1. The van der Waals surface area contributed by atoms with E-state index in [4.69, 9.17) is 0 Å². The number of para-hydroxylation sites is 1. The van der Waals surface area contributed by atoms with Crippen molar-refractivity contribution in [3.63, 3.8) is 0 Å². The molecule has 2 aromatic heterocycles. The first-order valence-corrected chi connectivity index (χ1v) is 9.14. The third-order valence-corrected chi connectivity index (χ3v) is 4.46. The topological polar surface area (TPSA) is 84.0 Å². The lowest BCUT2D eigenvalue weighted by atomic mass is 10.0. The molecule has 6 nitrogen and oxygen atoms in total. The number of hydrogen-bond acceptors (Lipinski definition) is 4. The molecule has 0 atom stereocenters. The second kappa shape index (κ2) is 8.31. The van der Waals surface area contributed by atoms with E-state index >= 15 is 0 Å². The van der Waals surface area contributed by atoms with Crippen molar-refractivity contribution >= 4 is 22.7 Å². The van der Waals surface area contributed by atoms with E-state index in [-0.39, 0.29) is 12.3 Å². The fraction of sp³-hybridized carbons (Fsp3) is 0.0435. The molecule has 4 rings (SSSR count). The summed E-state index contributed by atoms with van der Waals surface area (Å²) < 4.78 is 0. The highest BCUT2D eigenvalue weighted by molar-refractivity contribution is 6.07. The highest BCUT2D eigenvalue weighted by atomic mass is 16.2. The maximum Gasteiger partial charge on any atom is 0.270 e. The molecular formula is C23H18N4O2. The van der Waals surface area contributed by atoms with Gasteiger partial charge in [-0.15, -0.1) is 0 Å². The van der Waals surface area contributed by atoms with Crippen LogP contribution in [-0.2, 0) is 11.2 Å².